The third-order valence-electron chi connectivity index (χ3n) is 6.27. The number of carbonyl (C=O) groups excluding carboxylic acids is 3. The van der Waals surface area contributed by atoms with Gasteiger partial charge >= 0.3 is 5.91 Å². The minimum absolute atomic E-state index is 0.00816. The highest BCUT2D eigenvalue weighted by Gasteiger charge is 2.28. The molecule has 186 valence electrons. The van der Waals surface area contributed by atoms with Gasteiger partial charge in [-0.15, -0.1) is 0 Å². The maximum atomic E-state index is 13.8. The van der Waals surface area contributed by atoms with E-state index in [2.05, 4.69) is 21.4 Å². The Balaban J connectivity index is 1.33. The van der Waals surface area contributed by atoms with E-state index in [1.807, 2.05) is 36.4 Å². The molecular formula is C28H23FN4O4. The zero-order valence-electron chi connectivity index (χ0n) is 19.9. The average molecular weight is 499 g/mol. The normalized spacial score (nSPS) is 13.7. The Kier molecular flexibility index (Phi) is 6.51. The number of benzene rings is 3. The second-order valence-electron chi connectivity index (χ2n) is 8.62. The zero-order valence-corrected chi connectivity index (χ0v) is 19.9. The minimum atomic E-state index is -0.793. The smallest absolute Gasteiger partial charge is 0.305 e. The van der Waals surface area contributed by atoms with Gasteiger partial charge in [0.15, 0.2) is 5.76 Å². The van der Waals surface area contributed by atoms with E-state index >= 15 is 0 Å². The molecule has 37 heavy (non-hydrogen) atoms. The molecule has 8 nitrogen and oxygen atoms in total. The van der Waals surface area contributed by atoms with Crippen LogP contribution in [0, 0.1) is 12.7 Å². The molecule has 0 aliphatic heterocycles. The van der Waals surface area contributed by atoms with Gasteiger partial charge in [-0.3, -0.25) is 25.2 Å². The van der Waals surface area contributed by atoms with Crippen LogP contribution in [0.25, 0.3) is 10.8 Å². The van der Waals surface area contributed by atoms with Gasteiger partial charge in [-0.1, -0.05) is 48.5 Å². The van der Waals surface area contributed by atoms with Crippen LogP contribution in [0.1, 0.15) is 61.0 Å². The maximum absolute atomic E-state index is 13.8. The van der Waals surface area contributed by atoms with Crippen LogP contribution in [-0.4, -0.2) is 23.4 Å². The maximum Gasteiger partial charge on any atom is 0.305 e. The van der Waals surface area contributed by atoms with Crippen molar-refractivity contribution in [3.63, 3.8) is 0 Å². The van der Waals surface area contributed by atoms with Crippen LogP contribution in [0.15, 0.2) is 76.2 Å². The van der Waals surface area contributed by atoms with Crippen molar-refractivity contribution in [1.29, 1.82) is 0 Å². The summed E-state index contributed by atoms with van der Waals surface area (Å²) in [5.74, 6) is -1.94. The van der Waals surface area contributed by atoms with Gasteiger partial charge in [-0.05, 0) is 48.7 Å². The van der Waals surface area contributed by atoms with E-state index in [1.54, 1.807) is 13.0 Å². The Bertz CT molecular complexity index is 1570. The van der Waals surface area contributed by atoms with Crippen molar-refractivity contribution in [3.8, 4) is 0 Å². The number of furan rings is 1. The molecule has 0 spiro atoms. The van der Waals surface area contributed by atoms with Gasteiger partial charge in [0.1, 0.15) is 11.6 Å². The summed E-state index contributed by atoms with van der Waals surface area (Å²) in [6, 6.07) is 18.5. The number of hydrazine groups is 1. The SMILES string of the molecule is Cc1c(C(=O)NNC(=O)c2ccccc2F)oc2c1/C(=N/NC(=O)c1cccc3ccccc13)CCC2. The molecule has 1 aromatic heterocycles. The number of hydrazone groups is 1. The van der Waals surface area contributed by atoms with Gasteiger partial charge in [0, 0.05) is 23.1 Å². The summed E-state index contributed by atoms with van der Waals surface area (Å²) in [7, 11) is 0. The molecule has 1 heterocycles. The third kappa shape index (κ3) is 4.71. The van der Waals surface area contributed by atoms with Crippen molar-refractivity contribution in [1.82, 2.24) is 16.3 Å². The average Bonchev–Trinajstić information content (AvgIpc) is 3.27. The molecule has 3 aromatic carbocycles. The van der Waals surface area contributed by atoms with Gasteiger partial charge in [-0.25, -0.2) is 9.82 Å². The molecule has 1 aliphatic carbocycles. The lowest BCUT2D eigenvalue weighted by atomic mass is 9.93. The van der Waals surface area contributed by atoms with Crippen LogP contribution in [0.5, 0.6) is 0 Å². The number of halogens is 1. The molecule has 3 N–H and O–H groups in total. The Morgan fingerprint density at radius 3 is 2.38 bits per heavy atom. The molecule has 0 radical (unpaired) electrons. The molecule has 0 fully saturated rings. The van der Waals surface area contributed by atoms with Crippen LogP contribution < -0.4 is 16.3 Å². The topological polar surface area (TPSA) is 113 Å². The van der Waals surface area contributed by atoms with Gasteiger partial charge < -0.3 is 4.42 Å². The predicted molar refractivity (Wildman–Crippen MR) is 136 cm³/mol. The Labute approximate surface area is 211 Å². The standard InChI is InChI=1S/C28H23FN4O4/c1-16-24-22(30-31-26(34)19-12-6-9-17-8-2-3-10-18(17)19)14-7-15-23(24)37-25(16)28(36)33-32-27(35)20-11-4-5-13-21(20)29/h2-6,8-13H,7,14-15H2,1H3,(H,31,34)(H,32,35)(H,33,36)/b30-22+. The molecule has 0 saturated carbocycles. The number of rotatable bonds is 4. The molecule has 0 atom stereocenters. The van der Waals surface area contributed by atoms with E-state index in [4.69, 9.17) is 4.42 Å². The summed E-state index contributed by atoms with van der Waals surface area (Å²) >= 11 is 0. The number of aryl methyl sites for hydroxylation is 1. The lowest BCUT2D eigenvalue weighted by molar-refractivity contribution is 0.0827. The van der Waals surface area contributed by atoms with Crippen molar-refractivity contribution >= 4 is 34.2 Å². The van der Waals surface area contributed by atoms with Crippen LogP contribution in [0.4, 0.5) is 4.39 Å². The first-order valence-corrected chi connectivity index (χ1v) is 11.8. The van der Waals surface area contributed by atoms with Crippen molar-refractivity contribution < 1.29 is 23.2 Å². The number of hydrogen-bond donors (Lipinski definition) is 3. The molecule has 9 heteroatoms. The molecule has 5 rings (SSSR count). The lowest BCUT2D eigenvalue weighted by Crippen LogP contribution is -2.42. The second-order valence-corrected chi connectivity index (χ2v) is 8.62. The highest BCUT2D eigenvalue weighted by atomic mass is 19.1. The number of amides is 3. The highest BCUT2D eigenvalue weighted by molar-refractivity contribution is 6.09. The summed E-state index contributed by atoms with van der Waals surface area (Å²) in [5, 5.41) is 6.15. The fourth-order valence-corrected chi connectivity index (χ4v) is 4.48. The van der Waals surface area contributed by atoms with Gasteiger partial charge in [-0.2, -0.15) is 5.10 Å². The molecule has 0 unspecified atom stereocenters. The fourth-order valence-electron chi connectivity index (χ4n) is 4.48. The summed E-state index contributed by atoms with van der Waals surface area (Å²) in [6.45, 7) is 1.71. The van der Waals surface area contributed by atoms with Crippen LogP contribution in [0.3, 0.4) is 0 Å². The number of nitrogens with one attached hydrogen (secondary N) is 3. The Morgan fingerprint density at radius 1 is 0.838 bits per heavy atom. The summed E-state index contributed by atoms with van der Waals surface area (Å²) in [5.41, 5.74) is 9.22. The van der Waals surface area contributed by atoms with Gasteiger partial charge in [0.25, 0.3) is 11.8 Å². The fraction of sp³-hybridized carbons (Fsp3) is 0.143. The van der Waals surface area contributed by atoms with E-state index < -0.39 is 17.6 Å². The molecule has 0 bridgehead atoms. The van der Waals surface area contributed by atoms with Crippen molar-refractivity contribution in [2.45, 2.75) is 26.2 Å². The molecule has 1 aliphatic rings. The van der Waals surface area contributed by atoms with Crippen molar-refractivity contribution in [2.24, 2.45) is 5.10 Å². The summed E-state index contributed by atoms with van der Waals surface area (Å²) in [6.07, 6.45) is 1.92. The second kappa shape index (κ2) is 10.1. The third-order valence-corrected chi connectivity index (χ3v) is 6.27. The minimum Gasteiger partial charge on any atom is -0.455 e. The highest BCUT2D eigenvalue weighted by Crippen LogP contribution is 2.30. The summed E-state index contributed by atoms with van der Waals surface area (Å²) in [4.78, 5) is 37.9. The van der Waals surface area contributed by atoms with Crippen LogP contribution >= 0.6 is 0 Å². The van der Waals surface area contributed by atoms with Crippen LogP contribution in [0.2, 0.25) is 0 Å². The number of carbonyl (C=O) groups is 3. The van der Waals surface area contributed by atoms with Crippen LogP contribution in [-0.2, 0) is 6.42 Å². The quantitative estimate of drug-likeness (QED) is 0.362. The zero-order chi connectivity index (χ0) is 25.9. The molecule has 3 amide bonds. The van der Waals surface area contributed by atoms with Gasteiger partial charge in [0.05, 0.1) is 11.3 Å². The first kappa shape index (κ1) is 23.9. The van der Waals surface area contributed by atoms with Gasteiger partial charge in [0.2, 0.25) is 0 Å². The Morgan fingerprint density at radius 2 is 1.54 bits per heavy atom. The number of hydrogen-bond acceptors (Lipinski definition) is 5. The molecule has 0 saturated heterocycles. The first-order chi connectivity index (χ1) is 17.9. The van der Waals surface area contributed by atoms with Crippen molar-refractivity contribution in [2.75, 3.05) is 0 Å². The first-order valence-electron chi connectivity index (χ1n) is 11.8. The largest absolute Gasteiger partial charge is 0.455 e. The molecule has 4 aromatic rings. The van der Waals surface area contributed by atoms with E-state index in [1.165, 1.54) is 18.2 Å². The van der Waals surface area contributed by atoms with E-state index in [0.29, 0.717) is 41.0 Å². The van der Waals surface area contributed by atoms with E-state index in [-0.39, 0.29) is 17.2 Å². The monoisotopic (exact) mass is 498 g/mol. The number of nitrogens with zero attached hydrogens (tertiary/aromatic N) is 1. The van der Waals surface area contributed by atoms with Crippen molar-refractivity contribution in [3.05, 3.63) is 106 Å². The summed E-state index contributed by atoms with van der Waals surface area (Å²) < 4.78 is 19.6. The lowest BCUT2D eigenvalue weighted by Gasteiger charge is -2.13. The Hall–Kier alpha value is -4.79. The van der Waals surface area contributed by atoms with E-state index in [0.717, 1.165) is 23.3 Å². The number of fused-ring (bicyclic) bond motifs is 2. The predicted octanol–water partition coefficient (Wildman–Crippen LogP) is 4.43. The molecular weight excluding hydrogens is 475 g/mol. The van der Waals surface area contributed by atoms with E-state index in [9.17, 15) is 18.8 Å².